The summed E-state index contributed by atoms with van der Waals surface area (Å²) in [5.41, 5.74) is 4.12. The summed E-state index contributed by atoms with van der Waals surface area (Å²) in [6.07, 6.45) is 0. The third kappa shape index (κ3) is 5.04. The van der Waals surface area contributed by atoms with Gasteiger partial charge in [0.05, 0.1) is 10.9 Å². The van der Waals surface area contributed by atoms with Crippen LogP contribution in [0.1, 0.15) is 36.6 Å². The fourth-order valence-corrected chi connectivity index (χ4v) is 4.44. The SMILES string of the molecule is O=C(NO)c1cccc(C(=O)N2CCN(C(=O)c3ccc(CNc4n[nH]c5cccc(F)c45)cc3)CC2)c1. The molecule has 0 aliphatic carbocycles. The van der Waals surface area contributed by atoms with Gasteiger partial charge in [-0.15, -0.1) is 0 Å². The van der Waals surface area contributed by atoms with Gasteiger partial charge in [0.1, 0.15) is 5.82 Å². The molecule has 4 N–H and O–H groups in total. The molecule has 0 spiro atoms. The minimum absolute atomic E-state index is 0.126. The number of carbonyl (C=O) groups is 3. The number of amides is 3. The van der Waals surface area contributed by atoms with E-state index in [0.29, 0.717) is 60.6 Å². The van der Waals surface area contributed by atoms with Gasteiger partial charge in [-0.3, -0.25) is 24.7 Å². The molecular weight excluding hydrogens is 491 g/mol. The van der Waals surface area contributed by atoms with E-state index in [1.54, 1.807) is 51.7 Å². The molecule has 1 aliphatic heterocycles. The second-order valence-corrected chi connectivity index (χ2v) is 8.89. The number of carbonyl (C=O) groups excluding carboxylic acids is 3. The van der Waals surface area contributed by atoms with Crippen molar-refractivity contribution in [2.24, 2.45) is 0 Å². The van der Waals surface area contributed by atoms with Crippen molar-refractivity contribution in [2.45, 2.75) is 6.54 Å². The number of hydrogen-bond donors (Lipinski definition) is 4. The first-order valence-electron chi connectivity index (χ1n) is 12.0. The fraction of sp³-hybridized carbons (Fsp3) is 0.185. The lowest BCUT2D eigenvalue weighted by Gasteiger charge is -2.35. The largest absolute Gasteiger partial charge is 0.364 e. The molecule has 4 aromatic rings. The summed E-state index contributed by atoms with van der Waals surface area (Å²) in [7, 11) is 0. The minimum atomic E-state index is -0.694. The maximum atomic E-state index is 14.2. The van der Waals surface area contributed by atoms with Gasteiger partial charge in [-0.2, -0.15) is 5.10 Å². The van der Waals surface area contributed by atoms with Gasteiger partial charge in [-0.05, 0) is 48.0 Å². The molecule has 0 bridgehead atoms. The van der Waals surface area contributed by atoms with Crippen molar-refractivity contribution in [2.75, 3.05) is 31.5 Å². The summed E-state index contributed by atoms with van der Waals surface area (Å²) in [4.78, 5) is 40.9. The first kappa shape index (κ1) is 24.9. The van der Waals surface area contributed by atoms with E-state index < -0.39 is 5.91 Å². The number of aromatic nitrogens is 2. The van der Waals surface area contributed by atoms with E-state index >= 15 is 0 Å². The summed E-state index contributed by atoms with van der Waals surface area (Å²) in [6, 6.07) is 18.0. The Balaban J connectivity index is 1.16. The van der Waals surface area contributed by atoms with Crippen LogP contribution in [0.5, 0.6) is 0 Å². The van der Waals surface area contributed by atoms with Gasteiger partial charge >= 0.3 is 0 Å². The Bertz CT molecular complexity index is 1500. The van der Waals surface area contributed by atoms with Crippen LogP contribution >= 0.6 is 0 Å². The molecule has 0 saturated carbocycles. The quantitative estimate of drug-likeness (QED) is 0.230. The zero-order chi connectivity index (χ0) is 26.6. The maximum absolute atomic E-state index is 14.2. The van der Waals surface area contributed by atoms with Crippen molar-refractivity contribution in [1.82, 2.24) is 25.5 Å². The van der Waals surface area contributed by atoms with E-state index in [9.17, 15) is 18.8 Å². The number of nitrogens with one attached hydrogen (secondary N) is 3. The van der Waals surface area contributed by atoms with Crippen molar-refractivity contribution < 1.29 is 24.0 Å². The van der Waals surface area contributed by atoms with Gasteiger partial charge in [0.15, 0.2) is 5.82 Å². The van der Waals surface area contributed by atoms with E-state index in [4.69, 9.17) is 5.21 Å². The number of fused-ring (bicyclic) bond motifs is 1. The summed E-state index contributed by atoms with van der Waals surface area (Å²) >= 11 is 0. The number of H-pyrrole nitrogens is 1. The van der Waals surface area contributed by atoms with E-state index in [2.05, 4.69) is 15.5 Å². The monoisotopic (exact) mass is 516 g/mol. The Hall–Kier alpha value is -4.77. The number of benzene rings is 3. The zero-order valence-corrected chi connectivity index (χ0v) is 20.3. The van der Waals surface area contributed by atoms with Crippen molar-refractivity contribution in [3.05, 3.63) is 94.8 Å². The Kier molecular flexibility index (Phi) is 7.00. The van der Waals surface area contributed by atoms with Gasteiger partial charge < -0.3 is 15.1 Å². The molecular formula is C27H25FN6O4. The van der Waals surface area contributed by atoms with Gasteiger partial charge in [0.2, 0.25) is 0 Å². The van der Waals surface area contributed by atoms with E-state index in [0.717, 1.165) is 5.56 Å². The highest BCUT2D eigenvalue weighted by molar-refractivity contribution is 5.99. The van der Waals surface area contributed by atoms with E-state index in [1.807, 2.05) is 12.1 Å². The Morgan fingerprint density at radius 3 is 2.18 bits per heavy atom. The molecule has 0 atom stereocenters. The molecule has 5 rings (SSSR count). The number of piperazine rings is 1. The number of hydroxylamine groups is 1. The van der Waals surface area contributed by atoms with Crippen molar-refractivity contribution in [1.29, 1.82) is 0 Å². The molecule has 38 heavy (non-hydrogen) atoms. The molecule has 1 fully saturated rings. The third-order valence-electron chi connectivity index (χ3n) is 6.53. The molecule has 1 aromatic heterocycles. The van der Waals surface area contributed by atoms with Crippen LogP contribution in [0.15, 0.2) is 66.7 Å². The van der Waals surface area contributed by atoms with E-state index in [-0.39, 0.29) is 23.2 Å². The lowest BCUT2D eigenvalue weighted by atomic mass is 10.1. The molecule has 1 saturated heterocycles. The number of halogens is 1. The van der Waals surface area contributed by atoms with Crippen LogP contribution < -0.4 is 10.8 Å². The van der Waals surface area contributed by atoms with E-state index in [1.165, 1.54) is 18.2 Å². The Morgan fingerprint density at radius 2 is 1.50 bits per heavy atom. The molecule has 3 amide bonds. The molecule has 2 heterocycles. The number of hydrogen-bond acceptors (Lipinski definition) is 6. The second-order valence-electron chi connectivity index (χ2n) is 8.89. The normalized spacial score (nSPS) is 13.4. The van der Waals surface area contributed by atoms with Gasteiger partial charge in [-0.25, -0.2) is 9.87 Å². The van der Waals surface area contributed by atoms with Crippen LogP contribution in [-0.2, 0) is 6.54 Å². The van der Waals surface area contributed by atoms with Gasteiger partial charge in [0.25, 0.3) is 17.7 Å². The topological polar surface area (TPSA) is 131 Å². The Labute approximate surface area is 217 Å². The highest BCUT2D eigenvalue weighted by Crippen LogP contribution is 2.24. The second kappa shape index (κ2) is 10.7. The minimum Gasteiger partial charge on any atom is -0.364 e. The molecule has 0 radical (unpaired) electrons. The van der Waals surface area contributed by atoms with Crippen LogP contribution in [0.25, 0.3) is 10.9 Å². The van der Waals surface area contributed by atoms with Crippen molar-refractivity contribution in [3.63, 3.8) is 0 Å². The average molecular weight is 517 g/mol. The van der Waals surface area contributed by atoms with Crippen LogP contribution in [0, 0.1) is 5.82 Å². The molecule has 3 aromatic carbocycles. The van der Waals surface area contributed by atoms with Gasteiger partial charge in [-0.1, -0.05) is 24.3 Å². The fourth-order valence-electron chi connectivity index (χ4n) is 4.44. The number of rotatable bonds is 6. The number of anilines is 1. The Morgan fingerprint density at radius 1 is 0.868 bits per heavy atom. The predicted octanol–water partition coefficient (Wildman–Crippen LogP) is 3.03. The number of nitrogens with zero attached hydrogens (tertiary/aromatic N) is 3. The third-order valence-corrected chi connectivity index (χ3v) is 6.53. The predicted molar refractivity (Wildman–Crippen MR) is 137 cm³/mol. The summed E-state index contributed by atoms with van der Waals surface area (Å²) in [5.74, 6) is -0.997. The van der Waals surface area contributed by atoms with Crippen LogP contribution in [0.3, 0.4) is 0 Å². The van der Waals surface area contributed by atoms with Crippen LogP contribution in [0.2, 0.25) is 0 Å². The van der Waals surface area contributed by atoms with Crippen molar-refractivity contribution in [3.8, 4) is 0 Å². The molecule has 10 nitrogen and oxygen atoms in total. The highest BCUT2D eigenvalue weighted by atomic mass is 19.1. The summed E-state index contributed by atoms with van der Waals surface area (Å²) in [5, 5.41) is 19.3. The van der Waals surface area contributed by atoms with Crippen LogP contribution in [-0.4, -0.2) is 69.1 Å². The average Bonchev–Trinajstić information content (AvgIpc) is 3.39. The highest BCUT2D eigenvalue weighted by Gasteiger charge is 2.26. The van der Waals surface area contributed by atoms with Gasteiger partial charge in [0, 0.05) is 49.4 Å². The standard InChI is InChI=1S/C27H25FN6O4/c28-21-5-2-6-22-23(21)24(31-30-22)29-16-17-7-9-18(10-8-17)26(36)33-11-13-34(14-12-33)27(37)20-4-1-3-19(15-20)25(35)32-38/h1-10,15,38H,11-14,16H2,(H,32,35)(H2,29,30,31). The summed E-state index contributed by atoms with van der Waals surface area (Å²) in [6.45, 7) is 1.88. The molecule has 11 heteroatoms. The zero-order valence-electron chi connectivity index (χ0n) is 20.3. The smallest absolute Gasteiger partial charge is 0.274 e. The van der Waals surface area contributed by atoms with Crippen molar-refractivity contribution >= 4 is 34.4 Å². The first-order valence-corrected chi connectivity index (χ1v) is 12.0. The molecule has 194 valence electrons. The maximum Gasteiger partial charge on any atom is 0.274 e. The molecule has 0 unspecified atom stereocenters. The lowest BCUT2D eigenvalue weighted by Crippen LogP contribution is -2.50. The number of aromatic amines is 1. The summed E-state index contributed by atoms with van der Waals surface area (Å²) < 4.78 is 14.2. The van der Waals surface area contributed by atoms with Crippen LogP contribution in [0.4, 0.5) is 10.2 Å². The molecule has 1 aliphatic rings. The first-order chi connectivity index (χ1) is 18.4. The lowest BCUT2D eigenvalue weighted by molar-refractivity contribution is 0.0535.